The maximum absolute atomic E-state index is 4.73. The van der Waals surface area contributed by atoms with Gasteiger partial charge in [0, 0.05) is 48.5 Å². The van der Waals surface area contributed by atoms with Crippen molar-refractivity contribution in [3.8, 4) is 22.4 Å². The Morgan fingerprint density at radius 3 is 2.66 bits per heavy atom. The molecule has 2 N–H and O–H groups in total. The molecule has 4 heterocycles. The van der Waals surface area contributed by atoms with Crippen LogP contribution >= 0.6 is 0 Å². The minimum Gasteiger partial charge on any atom is -0.314 e. The number of aromatic nitrogens is 3. The Kier molecular flexibility index (Phi) is 4.71. The van der Waals surface area contributed by atoms with E-state index in [2.05, 4.69) is 86.9 Å². The number of nitrogens with one attached hydrogen (secondary N) is 2. The molecular weight excluding hydrogens is 394 g/mol. The predicted octanol–water partition coefficient (Wildman–Crippen LogP) is 4.76. The summed E-state index contributed by atoms with van der Waals surface area (Å²) in [6.45, 7) is 5.07. The molecule has 2 aromatic carbocycles. The van der Waals surface area contributed by atoms with Crippen LogP contribution in [0.25, 0.3) is 38.9 Å². The number of aryl methyl sites for hydroxylation is 1. The summed E-state index contributed by atoms with van der Waals surface area (Å²) in [5, 5.41) is 8.17. The zero-order valence-corrected chi connectivity index (χ0v) is 18.0. The average Bonchev–Trinajstić information content (AvgIpc) is 3.27. The largest absolute Gasteiger partial charge is 0.314 e. The van der Waals surface area contributed by atoms with Crippen LogP contribution in [-0.4, -0.2) is 34.0 Å². The van der Waals surface area contributed by atoms with Crippen molar-refractivity contribution < 1.29 is 0 Å². The van der Waals surface area contributed by atoms with Crippen molar-refractivity contribution in [2.75, 3.05) is 19.6 Å². The molecule has 158 valence electrons. The summed E-state index contributed by atoms with van der Waals surface area (Å²) in [7, 11) is 0. The highest BCUT2D eigenvalue weighted by atomic mass is 15.1. The molecule has 0 spiro atoms. The molecule has 5 aromatic rings. The first kappa shape index (κ1) is 19.2. The fraction of sp³-hybridized carbons (Fsp3) is 0.185. The molecule has 5 heteroatoms. The lowest BCUT2D eigenvalue weighted by atomic mass is 10.0. The molecular formula is C27H25N5. The number of nitrogens with zero attached hydrogens (tertiary/aromatic N) is 3. The smallest absolute Gasteiger partial charge is 0.137 e. The fourth-order valence-corrected chi connectivity index (χ4v) is 4.68. The van der Waals surface area contributed by atoms with E-state index in [1.165, 1.54) is 16.7 Å². The molecule has 32 heavy (non-hydrogen) atoms. The van der Waals surface area contributed by atoms with Crippen molar-refractivity contribution in [2.45, 2.75) is 13.0 Å². The van der Waals surface area contributed by atoms with E-state index >= 15 is 0 Å². The van der Waals surface area contributed by atoms with Crippen molar-refractivity contribution in [3.05, 3.63) is 90.4 Å². The molecule has 6 rings (SSSR count). The number of rotatable bonds is 3. The van der Waals surface area contributed by atoms with E-state index in [0.717, 1.165) is 53.1 Å². The Bertz CT molecular complexity index is 1410. The van der Waals surface area contributed by atoms with Crippen LogP contribution < -0.4 is 10.6 Å². The van der Waals surface area contributed by atoms with Crippen LogP contribution in [0.1, 0.15) is 17.3 Å². The molecule has 1 unspecified atom stereocenters. The highest BCUT2D eigenvalue weighted by molar-refractivity contribution is 5.94. The normalized spacial score (nSPS) is 16.6. The van der Waals surface area contributed by atoms with Crippen molar-refractivity contribution in [2.24, 2.45) is 0 Å². The van der Waals surface area contributed by atoms with Gasteiger partial charge in [-0.2, -0.15) is 0 Å². The zero-order valence-electron chi connectivity index (χ0n) is 18.0. The maximum Gasteiger partial charge on any atom is 0.137 e. The quantitative estimate of drug-likeness (QED) is 0.443. The Balaban J connectivity index is 1.37. The van der Waals surface area contributed by atoms with E-state index in [-0.39, 0.29) is 0 Å². The van der Waals surface area contributed by atoms with Crippen molar-refractivity contribution in [3.63, 3.8) is 0 Å². The summed E-state index contributed by atoms with van der Waals surface area (Å²) >= 11 is 0. The highest BCUT2D eigenvalue weighted by Gasteiger charge is 2.15. The second-order valence-corrected chi connectivity index (χ2v) is 8.45. The third-order valence-corrected chi connectivity index (χ3v) is 6.32. The Morgan fingerprint density at radius 1 is 0.938 bits per heavy atom. The molecule has 0 bridgehead atoms. The summed E-state index contributed by atoms with van der Waals surface area (Å²) in [5.41, 5.74) is 8.90. The molecule has 1 atom stereocenters. The lowest BCUT2D eigenvalue weighted by Gasteiger charge is -2.25. The van der Waals surface area contributed by atoms with E-state index in [4.69, 9.17) is 4.98 Å². The van der Waals surface area contributed by atoms with Gasteiger partial charge in [0.1, 0.15) is 5.65 Å². The van der Waals surface area contributed by atoms with E-state index in [0.29, 0.717) is 6.04 Å². The molecule has 0 aliphatic carbocycles. The number of hydrogen-bond acceptors (Lipinski definition) is 4. The molecule has 0 radical (unpaired) electrons. The molecule has 1 aliphatic heterocycles. The van der Waals surface area contributed by atoms with Gasteiger partial charge in [-0.1, -0.05) is 42.5 Å². The van der Waals surface area contributed by atoms with Gasteiger partial charge >= 0.3 is 0 Å². The number of imidazole rings is 1. The topological polar surface area (TPSA) is 54.2 Å². The number of hydrogen-bond donors (Lipinski definition) is 2. The third-order valence-electron chi connectivity index (χ3n) is 6.32. The Hall–Kier alpha value is -3.54. The van der Waals surface area contributed by atoms with Gasteiger partial charge in [0.2, 0.25) is 0 Å². The molecule has 0 saturated carbocycles. The zero-order chi connectivity index (χ0) is 21.5. The first-order valence-corrected chi connectivity index (χ1v) is 11.1. The molecule has 1 aliphatic rings. The van der Waals surface area contributed by atoms with E-state index < -0.39 is 0 Å². The Morgan fingerprint density at radius 2 is 1.81 bits per heavy atom. The van der Waals surface area contributed by atoms with Crippen LogP contribution in [0.5, 0.6) is 0 Å². The van der Waals surface area contributed by atoms with Gasteiger partial charge in [0.25, 0.3) is 0 Å². The Labute approximate surface area is 187 Å². The monoisotopic (exact) mass is 419 g/mol. The number of piperazine rings is 1. The maximum atomic E-state index is 4.73. The molecule has 5 nitrogen and oxygen atoms in total. The molecule has 1 saturated heterocycles. The van der Waals surface area contributed by atoms with E-state index in [1.807, 2.05) is 19.2 Å². The van der Waals surface area contributed by atoms with E-state index in [1.54, 1.807) is 0 Å². The molecule has 0 amide bonds. The lowest BCUT2D eigenvalue weighted by Crippen LogP contribution is -2.42. The van der Waals surface area contributed by atoms with Gasteiger partial charge in [-0.25, -0.2) is 4.98 Å². The van der Waals surface area contributed by atoms with Crippen LogP contribution in [0.4, 0.5) is 0 Å². The molecule has 3 aromatic heterocycles. The van der Waals surface area contributed by atoms with Crippen LogP contribution in [0.3, 0.4) is 0 Å². The first-order chi connectivity index (χ1) is 15.8. The standard InChI is InChI=1S/C27H25N5/c1-18-14-23(22-4-2-3-5-24(22)31-18)26-17-30-27-15-21(10-13-32(26)27)19-6-8-20(9-7-19)25-16-28-11-12-29-25/h2-10,13-15,17,25,28-29H,11-12,16H2,1H3. The van der Waals surface area contributed by atoms with Gasteiger partial charge < -0.3 is 10.6 Å². The number of fused-ring (bicyclic) bond motifs is 2. The average molecular weight is 420 g/mol. The van der Waals surface area contributed by atoms with Gasteiger partial charge in [-0.05, 0) is 47.9 Å². The summed E-state index contributed by atoms with van der Waals surface area (Å²) < 4.78 is 2.16. The van der Waals surface area contributed by atoms with Gasteiger partial charge in [0.05, 0.1) is 17.4 Å². The summed E-state index contributed by atoms with van der Waals surface area (Å²) in [4.78, 5) is 9.42. The number of pyridine rings is 2. The fourth-order valence-electron chi connectivity index (χ4n) is 4.68. The van der Waals surface area contributed by atoms with E-state index in [9.17, 15) is 0 Å². The SMILES string of the molecule is Cc1cc(-c2cnc3cc(-c4ccc(C5CNCCN5)cc4)ccn23)c2ccccc2n1. The summed E-state index contributed by atoms with van der Waals surface area (Å²) in [5.74, 6) is 0. The van der Waals surface area contributed by atoms with Crippen LogP contribution in [-0.2, 0) is 0 Å². The van der Waals surface area contributed by atoms with Crippen LogP contribution in [0.15, 0.2) is 79.1 Å². The van der Waals surface area contributed by atoms with Crippen molar-refractivity contribution in [1.29, 1.82) is 0 Å². The second-order valence-electron chi connectivity index (χ2n) is 8.45. The first-order valence-electron chi connectivity index (χ1n) is 11.1. The summed E-state index contributed by atoms with van der Waals surface area (Å²) in [6, 6.07) is 24.0. The highest BCUT2D eigenvalue weighted by Crippen LogP contribution is 2.31. The second kappa shape index (κ2) is 7.86. The third kappa shape index (κ3) is 3.36. The number of para-hydroxylation sites is 1. The minimum atomic E-state index is 0.383. The summed E-state index contributed by atoms with van der Waals surface area (Å²) in [6.07, 6.45) is 4.09. The lowest BCUT2D eigenvalue weighted by molar-refractivity contribution is 0.430. The molecule has 1 fully saturated rings. The van der Waals surface area contributed by atoms with Crippen LogP contribution in [0, 0.1) is 6.92 Å². The van der Waals surface area contributed by atoms with Gasteiger partial charge in [-0.3, -0.25) is 9.38 Å². The van der Waals surface area contributed by atoms with Crippen molar-refractivity contribution >= 4 is 16.6 Å². The van der Waals surface area contributed by atoms with Crippen molar-refractivity contribution in [1.82, 2.24) is 25.0 Å². The van der Waals surface area contributed by atoms with Crippen LogP contribution in [0.2, 0.25) is 0 Å². The minimum absolute atomic E-state index is 0.383. The predicted molar refractivity (Wildman–Crippen MR) is 130 cm³/mol. The number of benzene rings is 2. The van der Waals surface area contributed by atoms with Gasteiger partial charge in [0.15, 0.2) is 0 Å². The van der Waals surface area contributed by atoms with Gasteiger partial charge in [-0.15, -0.1) is 0 Å².